The molecule has 1 aromatic carbocycles. The molecule has 1 saturated heterocycles. The quantitative estimate of drug-likeness (QED) is 0.886. The Hall–Kier alpha value is -1.56. The molecule has 0 bridgehead atoms. The van der Waals surface area contributed by atoms with E-state index in [-0.39, 0.29) is 12.5 Å². The predicted octanol–water partition coefficient (Wildman–Crippen LogP) is 1.99. The Bertz CT molecular complexity index is 519. The van der Waals surface area contributed by atoms with Crippen molar-refractivity contribution < 1.29 is 14.7 Å². The molecule has 1 fully saturated rings. The third-order valence-electron chi connectivity index (χ3n) is 3.33. The fraction of sp³-hybridized carbons (Fsp3) is 0.385. The molecule has 1 atom stereocenters. The Morgan fingerprint density at radius 1 is 1.47 bits per heavy atom. The van der Waals surface area contributed by atoms with Crippen LogP contribution < -0.4 is 10.6 Å². The molecule has 2 rings (SSSR count). The summed E-state index contributed by atoms with van der Waals surface area (Å²) in [6, 6.07) is 5.31. The van der Waals surface area contributed by atoms with E-state index in [2.05, 4.69) is 15.9 Å². The summed E-state index contributed by atoms with van der Waals surface area (Å²) >= 11 is 3.32. The van der Waals surface area contributed by atoms with Crippen LogP contribution in [0.3, 0.4) is 0 Å². The minimum atomic E-state index is -0.826. The molecule has 0 aliphatic carbocycles. The maximum atomic E-state index is 11.6. The molecular weight excluding hydrogens is 312 g/mol. The topological polar surface area (TPSA) is 83.6 Å². The largest absolute Gasteiger partial charge is 0.481 e. The molecule has 102 valence electrons. The zero-order chi connectivity index (χ0) is 14.0. The third-order valence-corrected chi connectivity index (χ3v) is 4.00. The lowest BCUT2D eigenvalue weighted by atomic mass is 10.1. The lowest BCUT2D eigenvalue weighted by Gasteiger charge is -2.27. The summed E-state index contributed by atoms with van der Waals surface area (Å²) in [4.78, 5) is 24.4. The molecule has 1 unspecified atom stereocenters. The second-order valence-corrected chi connectivity index (χ2v) is 5.44. The Morgan fingerprint density at radius 3 is 2.84 bits per heavy atom. The second-order valence-electron chi connectivity index (χ2n) is 4.59. The molecule has 1 aliphatic rings. The summed E-state index contributed by atoms with van der Waals surface area (Å²) in [5.41, 5.74) is 6.55. The number of amides is 1. The van der Waals surface area contributed by atoms with Crippen molar-refractivity contribution in [1.29, 1.82) is 0 Å². The molecule has 1 amide bonds. The van der Waals surface area contributed by atoms with E-state index in [1.54, 1.807) is 6.07 Å². The van der Waals surface area contributed by atoms with Gasteiger partial charge in [-0.2, -0.15) is 0 Å². The van der Waals surface area contributed by atoms with E-state index >= 15 is 0 Å². The average Bonchev–Trinajstić information content (AvgIpc) is 2.75. The molecule has 0 aromatic heterocycles. The molecular formula is C13H15BrN2O3. The summed E-state index contributed by atoms with van der Waals surface area (Å²) in [5.74, 6) is -1.34. The van der Waals surface area contributed by atoms with Crippen molar-refractivity contribution in [1.82, 2.24) is 0 Å². The molecule has 19 heavy (non-hydrogen) atoms. The van der Waals surface area contributed by atoms with Crippen LogP contribution in [0.1, 0.15) is 29.6 Å². The fourth-order valence-electron chi connectivity index (χ4n) is 2.56. The number of hydrogen-bond acceptors (Lipinski definition) is 3. The molecule has 6 heteroatoms. The number of rotatable bonds is 4. The Kier molecular flexibility index (Phi) is 4.09. The van der Waals surface area contributed by atoms with Gasteiger partial charge in [0.15, 0.2) is 0 Å². The maximum absolute atomic E-state index is 11.6. The van der Waals surface area contributed by atoms with Crippen molar-refractivity contribution in [2.24, 2.45) is 5.73 Å². The summed E-state index contributed by atoms with van der Waals surface area (Å²) in [6.45, 7) is 0.745. The molecule has 0 saturated carbocycles. The highest BCUT2D eigenvalue weighted by molar-refractivity contribution is 9.10. The van der Waals surface area contributed by atoms with Crippen LogP contribution >= 0.6 is 15.9 Å². The third kappa shape index (κ3) is 2.89. The summed E-state index contributed by atoms with van der Waals surface area (Å²) < 4.78 is 0.637. The number of nitrogens with two attached hydrogens (primary N) is 1. The van der Waals surface area contributed by atoms with Gasteiger partial charge in [-0.1, -0.05) is 6.07 Å². The van der Waals surface area contributed by atoms with Gasteiger partial charge < -0.3 is 15.7 Å². The molecule has 1 aromatic rings. The van der Waals surface area contributed by atoms with Gasteiger partial charge in [0.05, 0.1) is 17.7 Å². The van der Waals surface area contributed by atoms with Crippen LogP contribution in [0.25, 0.3) is 0 Å². The number of anilines is 1. The molecule has 5 nitrogen and oxygen atoms in total. The minimum absolute atomic E-state index is 0.0741. The number of carboxylic acids is 1. The predicted molar refractivity (Wildman–Crippen MR) is 75.3 cm³/mol. The number of carbonyl (C=O) groups excluding carboxylic acids is 1. The first kappa shape index (κ1) is 13.9. The van der Waals surface area contributed by atoms with E-state index in [1.165, 1.54) is 0 Å². The van der Waals surface area contributed by atoms with Crippen LogP contribution in [-0.4, -0.2) is 29.6 Å². The summed E-state index contributed by atoms with van der Waals surface area (Å²) in [7, 11) is 0. The van der Waals surface area contributed by atoms with Gasteiger partial charge in [0, 0.05) is 17.1 Å². The molecule has 3 N–H and O–H groups in total. The van der Waals surface area contributed by atoms with Gasteiger partial charge >= 0.3 is 5.97 Å². The summed E-state index contributed by atoms with van der Waals surface area (Å²) in [6.07, 6.45) is 1.81. The normalized spacial score (nSPS) is 18.6. The molecule has 1 heterocycles. The SMILES string of the molecule is NC(=O)c1c(Br)cccc1N1CCCC1CC(=O)O. The van der Waals surface area contributed by atoms with Gasteiger partial charge in [0.1, 0.15) is 0 Å². The van der Waals surface area contributed by atoms with E-state index in [4.69, 9.17) is 10.8 Å². The van der Waals surface area contributed by atoms with Crippen LogP contribution in [0.5, 0.6) is 0 Å². The van der Waals surface area contributed by atoms with Gasteiger partial charge in [-0.25, -0.2) is 0 Å². The number of benzene rings is 1. The van der Waals surface area contributed by atoms with Crippen molar-refractivity contribution >= 4 is 33.5 Å². The average molecular weight is 327 g/mol. The number of nitrogens with zero attached hydrogens (tertiary/aromatic N) is 1. The van der Waals surface area contributed by atoms with Gasteiger partial charge in [-0.15, -0.1) is 0 Å². The van der Waals surface area contributed by atoms with E-state index in [0.29, 0.717) is 15.7 Å². The van der Waals surface area contributed by atoms with Crippen LogP contribution in [0, 0.1) is 0 Å². The van der Waals surface area contributed by atoms with Crippen LogP contribution in [0.4, 0.5) is 5.69 Å². The fourth-order valence-corrected chi connectivity index (χ4v) is 3.11. The first-order valence-electron chi connectivity index (χ1n) is 6.07. The van der Waals surface area contributed by atoms with Crippen molar-refractivity contribution in [2.75, 3.05) is 11.4 Å². The van der Waals surface area contributed by atoms with Gasteiger partial charge in [-0.3, -0.25) is 9.59 Å². The lowest BCUT2D eigenvalue weighted by molar-refractivity contribution is -0.137. The Balaban J connectivity index is 2.38. The maximum Gasteiger partial charge on any atom is 0.305 e. The van der Waals surface area contributed by atoms with E-state index in [9.17, 15) is 9.59 Å². The number of hydrogen-bond donors (Lipinski definition) is 2. The molecule has 0 spiro atoms. The van der Waals surface area contributed by atoms with Crippen molar-refractivity contribution in [3.05, 3.63) is 28.2 Å². The van der Waals surface area contributed by atoms with Gasteiger partial charge in [-0.05, 0) is 40.9 Å². The Morgan fingerprint density at radius 2 is 2.21 bits per heavy atom. The molecule has 0 radical (unpaired) electrons. The number of halogens is 1. The zero-order valence-electron chi connectivity index (χ0n) is 10.3. The zero-order valence-corrected chi connectivity index (χ0v) is 11.9. The highest BCUT2D eigenvalue weighted by atomic mass is 79.9. The highest BCUT2D eigenvalue weighted by Gasteiger charge is 2.29. The Labute approximate surface area is 119 Å². The monoisotopic (exact) mass is 326 g/mol. The van der Waals surface area contributed by atoms with Crippen LogP contribution in [0.15, 0.2) is 22.7 Å². The lowest BCUT2D eigenvalue weighted by Crippen LogP contribution is -2.33. The van der Waals surface area contributed by atoms with Crippen molar-refractivity contribution in [2.45, 2.75) is 25.3 Å². The first-order chi connectivity index (χ1) is 9.00. The molecule has 1 aliphatic heterocycles. The number of primary amides is 1. The number of carboxylic acid groups (broad SMARTS) is 1. The van der Waals surface area contributed by atoms with Crippen LogP contribution in [0.2, 0.25) is 0 Å². The van der Waals surface area contributed by atoms with E-state index < -0.39 is 11.9 Å². The van der Waals surface area contributed by atoms with Crippen molar-refractivity contribution in [3.8, 4) is 0 Å². The van der Waals surface area contributed by atoms with Gasteiger partial charge in [0.2, 0.25) is 0 Å². The first-order valence-corrected chi connectivity index (χ1v) is 6.86. The smallest absolute Gasteiger partial charge is 0.305 e. The van der Waals surface area contributed by atoms with Crippen LogP contribution in [-0.2, 0) is 4.79 Å². The number of aliphatic carboxylic acids is 1. The minimum Gasteiger partial charge on any atom is -0.481 e. The number of carbonyl (C=O) groups is 2. The van der Waals surface area contributed by atoms with E-state index in [0.717, 1.165) is 19.4 Å². The van der Waals surface area contributed by atoms with Crippen molar-refractivity contribution in [3.63, 3.8) is 0 Å². The second kappa shape index (κ2) is 5.61. The van der Waals surface area contributed by atoms with E-state index in [1.807, 2.05) is 17.0 Å². The van der Waals surface area contributed by atoms with Gasteiger partial charge in [0.25, 0.3) is 5.91 Å². The summed E-state index contributed by atoms with van der Waals surface area (Å²) in [5, 5.41) is 8.94. The highest BCUT2D eigenvalue weighted by Crippen LogP contribution is 2.33. The standard InChI is InChI=1S/C13H15BrN2O3/c14-9-4-1-5-10(12(9)13(15)19)16-6-2-3-8(16)7-11(17)18/h1,4-5,8H,2-3,6-7H2,(H2,15,19)(H,17,18).